The van der Waals surface area contributed by atoms with E-state index in [4.69, 9.17) is 0 Å². The minimum atomic E-state index is -1.29. The molecular weight excluding hydrogens is 224 g/mol. The van der Waals surface area contributed by atoms with E-state index in [2.05, 4.69) is 14.7 Å². The first-order chi connectivity index (χ1) is 7.59. The summed E-state index contributed by atoms with van der Waals surface area (Å²) < 4.78 is 30.8. The summed E-state index contributed by atoms with van der Waals surface area (Å²) in [5.41, 5.74) is -1.23. The van der Waals surface area contributed by atoms with Gasteiger partial charge in [-0.25, -0.2) is 0 Å². The van der Waals surface area contributed by atoms with Crippen LogP contribution in [0.25, 0.3) is 11.4 Å². The Morgan fingerprint density at radius 2 is 1.94 bits per heavy atom. The van der Waals surface area contributed by atoms with Crippen molar-refractivity contribution in [1.82, 2.24) is 10.1 Å². The third-order valence-electron chi connectivity index (χ3n) is 1.82. The SMILES string of the molecule is O=[N+]([O-])c1c(F)cc(-c2ncon2)cc1F. The number of nitro benzene ring substituents is 1. The van der Waals surface area contributed by atoms with Crippen molar-refractivity contribution >= 4 is 5.69 Å². The quantitative estimate of drug-likeness (QED) is 0.578. The molecule has 0 aliphatic carbocycles. The predicted molar refractivity (Wildman–Crippen MR) is 46.3 cm³/mol. The number of halogens is 2. The van der Waals surface area contributed by atoms with Crippen molar-refractivity contribution in [3.05, 3.63) is 40.3 Å². The van der Waals surface area contributed by atoms with Crippen molar-refractivity contribution in [3.63, 3.8) is 0 Å². The van der Waals surface area contributed by atoms with Crippen LogP contribution in [-0.4, -0.2) is 15.1 Å². The molecule has 0 atom stereocenters. The Morgan fingerprint density at radius 3 is 2.38 bits per heavy atom. The number of nitrogens with zero attached hydrogens (tertiary/aromatic N) is 3. The minimum absolute atomic E-state index is 0.0330. The maximum atomic E-state index is 13.2. The van der Waals surface area contributed by atoms with Crippen molar-refractivity contribution in [2.45, 2.75) is 0 Å². The van der Waals surface area contributed by atoms with Gasteiger partial charge in [0.1, 0.15) is 0 Å². The highest BCUT2D eigenvalue weighted by Crippen LogP contribution is 2.26. The summed E-state index contributed by atoms with van der Waals surface area (Å²) in [6.07, 6.45) is 0.979. The molecule has 1 heterocycles. The summed E-state index contributed by atoms with van der Waals surface area (Å²) in [4.78, 5) is 12.7. The highest BCUT2D eigenvalue weighted by Gasteiger charge is 2.23. The van der Waals surface area contributed by atoms with Gasteiger partial charge in [0.25, 0.3) is 0 Å². The van der Waals surface area contributed by atoms with Crippen LogP contribution in [-0.2, 0) is 0 Å². The van der Waals surface area contributed by atoms with E-state index >= 15 is 0 Å². The molecule has 0 unspecified atom stereocenters. The number of aromatic nitrogens is 2. The van der Waals surface area contributed by atoms with Crippen molar-refractivity contribution in [2.75, 3.05) is 0 Å². The van der Waals surface area contributed by atoms with Gasteiger partial charge in [-0.3, -0.25) is 10.1 Å². The Balaban J connectivity index is 2.58. The summed E-state index contributed by atoms with van der Waals surface area (Å²) in [6, 6.07) is 1.54. The molecule has 0 aliphatic heterocycles. The predicted octanol–water partition coefficient (Wildman–Crippen LogP) is 1.92. The normalized spacial score (nSPS) is 10.4. The third-order valence-corrected chi connectivity index (χ3v) is 1.82. The van der Waals surface area contributed by atoms with Gasteiger partial charge in [0.05, 0.1) is 4.92 Å². The van der Waals surface area contributed by atoms with Crippen LogP contribution in [0.2, 0.25) is 0 Å². The van der Waals surface area contributed by atoms with E-state index in [-0.39, 0.29) is 11.4 Å². The molecule has 0 radical (unpaired) electrons. The van der Waals surface area contributed by atoms with Crippen molar-refractivity contribution < 1.29 is 18.2 Å². The molecule has 0 bridgehead atoms. The van der Waals surface area contributed by atoms with Crippen molar-refractivity contribution in [1.29, 1.82) is 0 Å². The van der Waals surface area contributed by atoms with Crippen LogP contribution >= 0.6 is 0 Å². The second kappa shape index (κ2) is 3.65. The van der Waals surface area contributed by atoms with E-state index in [1.165, 1.54) is 0 Å². The molecule has 0 spiro atoms. The Hall–Kier alpha value is -2.38. The van der Waals surface area contributed by atoms with Gasteiger partial charge in [0, 0.05) is 5.56 Å². The van der Waals surface area contributed by atoms with E-state index in [1.54, 1.807) is 0 Å². The zero-order chi connectivity index (χ0) is 11.7. The topological polar surface area (TPSA) is 82.1 Å². The zero-order valence-electron chi connectivity index (χ0n) is 7.55. The van der Waals surface area contributed by atoms with Crippen LogP contribution in [0.4, 0.5) is 14.5 Å². The minimum Gasteiger partial charge on any atom is -0.342 e. The summed E-state index contributed by atoms with van der Waals surface area (Å²) in [5.74, 6) is -2.62. The second-order valence-electron chi connectivity index (χ2n) is 2.80. The summed E-state index contributed by atoms with van der Waals surface area (Å²) >= 11 is 0. The lowest BCUT2D eigenvalue weighted by Crippen LogP contribution is -1.97. The highest BCUT2D eigenvalue weighted by atomic mass is 19.1. The molecule has 0 amide bonds. The first-order valence-electron chi connectivity index (χ1n) is 4.00. The van der Waals surface area contributed by atoms with Crippen LogP contribution in [0.3, 0.4) is 0 Å². The van der Waals surface area contributed by atoms with Crippen LogP contribution in [0.5, 0.6) is 0 Å². The van der Waals surface area contributed by atoms with Gasteiger partial charge >= 0.3 is 5.69 Å². The monoisotopic (exact) mass is 227 g/mol. The molecule has 0 aliphatic rings. The standard InChI is InChI=1S/C8H3F2N3O3/c9-5-1-4(8-11-3-16-12-8)2-6(10)7(5)13(14)15/h1-3H. The fraction of sp³-hybridized carbons (Fsp3) is 0. The Bertz CT molecular complexity index is 518. The molecule has 0 N–H and O–H groups in total. The van der Waals surface area contributed by atoms with Crippen LogP contribution < -0.4 is 0 Å². The molecule has 2 aromatic rings. The average Bonchev–Trinajstić information content (AvgIpc) is 2.67. The van der Waals surface area contributed by atoms with Gasteiger partial charge < -0.3 is 4.52 Å². The maximum absolute atomic E-state index is 13.2. The molecule has 6 nitrogen and oxygen atoms in total. The lowest BCUT2D eigenvalue weighted by atomic mass is 10.2. The summed E-state index contributed by atoms with van der Waals surface area (Å²) in [6.45, 7) is 0. The molecule has 0 fully saturated rings. The average molecular weight is 227 g/mol. The van der Waals surface area contributed by atoms with Gasteiger partial charge in [-0.2, -0.15) is 13.8 Å². The lowest BCUT2D eigenvalue weighted by Gasteiger charge is -1.98. The van der Waals surface area contributed by atoms with E-state index in [9.17, 15) is 18.9 Å². The van der Waals surface area contributed by atoms with Gasteiger partial charge in [-0.05, 0) is 12.1 Å². The van der Waals surface area contributed by atoms with E-state index < -0.39 is 22.2 Å². The molecular formula is C8H3F2N3O3. The molecule has 1 aromatic heterocycles. The molecule has 8 heteroatoms. The number of benzene rings is 1. The number of hydrogen-bond acceptors (Lipinski definition) is 5. The first kappa shape index (κ1) is 10.1. The number of hydrogen-bond donors (Lipinski definition) is 0. The maximum Gasteiger partial charge on any atom is 0.340 e. The van der Waals surface area contributed by atoms with Crippen LogP contribution in [0, 0.1) is 21.7 Å². The molecule has 0 saturated carbocycles. The molecule has 16 heavy (non-hydrogen) atoms. The van der Waals surface area contributed by atoms with Crippen molar-refractivity contribution in [2.24, 2.45) is 0 Å². The van der Waals surface area contributed by atoms with Gasteiger partial charge in [-0.15, -0.1) is 0 Å². The largest absolute Gasteiger partial charge is 0.342 e. The van der Waals surface area contributed by atoms with Crippen LogP contribution in [0.15, 0.2) is 23.0 Å². The van der Waals surface area contributed by atoms with E-state index in [0.717, 1.165) is 18.5 Å². The lowest BCUT2D eigenvalue weighted by molar-refractivity contribution is -0.390. The zero-order valence-corrected chi connectivity index (χ0v) is 7.55. The second-order valence-corrected chi connectivity index (χ2v) is 2.80. The van der Waals surface area contributed by atoms with Gasteiger partial charge in [-0.1, -0.05) is 5.16 Å². The number of rotatable bonds is 2. The molecule has 2 rings (SSSR count). The first-order valence-corrected chi connectivity index (χ1v) is 4.00. The smallest absolute Gasteiger partial charge is 0.340 e. The molecule has 1 aromatic carbocycles. The summed E-state index contributed by atoms with van der Waals surface area (Å²) in [5, 5.41) is 13.7. The summed E-state index contributed by atoms with van der Waals surface area (Å²) in [7, 11) is 0. The Morgan fingerprint density at radius 1 is 1.31 bits per heavy atom. The van der Waals surface area contributed by atoms with Crippen molar-refractivity contribution in [3.8, 4) is 11.4 Å². The highest BCUT2D eigenvalue weighted by molar-refractivity contribution is 5.57. The fourth-order valence-corrected chi connectivity index (χ4v) is 1.17. The molecule has 0 saturated heterocycles. The third kappa shape index (κ3) is 1.60. The van der Waals surface area contributed by atoms with E-state index in [1.807, 2.05) is 0 Å². The van der Waals surface area contributed by atoms with Gasteiger partial charge in [0.2, 0.25) is 23.9 Å². The fourth-order valence-electron chi connectivity index (χ4n) is 1.17. The number of nitro groups is 1. The van der Waals surface area contributed by atoms with Crippen LogP contribution in [0.1, 0.15) is 0 Å². The molecule has 82 valence electrons. The Labute approximate surface area is 86.7 Å². The Kier molecular flexibility index (Phi) is 2.31. The van der Waals surface area contributed by atoms with Gasteiger partial charge in [0.15, 0.2) is 0 Å². The van der Waals surface area contributed by atoms with E-state index in [0.29, 0.717) is 0 Å².